The highest BCUT2D eigenvalue weighted by molar-refractivity contribution is 5.99. The van der Waals surface area contributed by atoms with Gasteiger partial charge < -0.3 is 16.8 Å². The zero-order valence-electron chi connectivity index (χ0n) is 10.3. The molecule has 98 valence electrons. The molecule has 1 amide bonds. The number of nitrogens with two attached hydrogens (primary N) is 2. The normalized spacial score (nSPS) is 10.2. The monoisotopic (exact) mass is 260 g/mol. The molecule has 2 aromatic rings. The van der Waals surface area contributed by atoms with Gasteiger partial charge in [0.2, 0.25) is 0 Å². The van der Waals surface area contributed by atoms with Crippen LogP contribution in [0.4, 0.5) is 21.5 Å². The van der Waals surface area contributed by atoms with Crippen LogP contribution >= 0.6 is 0 Å². The number of hydrogen-bond donors (Lipinski definition) is 3. The van der Waals surface area contributed by atoms with Gasteiger partial charge in [0.15, 0.2) is 0 Å². The number of aromatic nitrogens is 1. The summed E-state index contributed by atoms with van der Waals surface area (Å²) in [6.45, 7) is 1.78. The second kappa shape index (κ2) is 4.93. The molecule has 1 aromatic heterocycles. The minimum absolute atomic E-state index is 0.0125. The molecule has 0 aliphatic heterocycles. The van der Waals surface area contributed by atoms with Crippen molar-refractivity contribution in [3.63, 3.8) is 0 Å². The van der Waals surface area contributed by atoms with Crippen molar-refractivity contribution in [3.05, 3.63) is 47.5 Å². The average Bonchev–Trinajstić information content (AvgIpc) is 2.34. The van der Waals surface area contributed by atoms with Crippen molar-refractivity contribution in [2.45, 2.75) is 6.92 Å². The molecule has 19 heavy (non-hydrogen) atoms. The number of aryl methyl sites for hydroxylation is 1. The molecule has 0 aliphatic carbocycles. The second-order valence-corrected chi connectivity index (χ2v) is 4.04. The second-order valence-electron chi connectivity index (χ2n) is 4.04. The number of nitrogens with zero attached hydrogens (tertiary/aromatic N) is 1. The summed E-state index contributed by atoms with van der Waals surface area (Å²) >= 11 is 0. The van der Waals surface area contributed by atoms with Crippen LogP contribution in [0, 0.1) is 12.7 Å². The number of primary amides is 1. The van der Waals surface area contributed by atoms with E-state index in [-0.39, 0.29) is 16.9 Å². The fourth-order valence-electron chi connectivity index (χ4n) is 1.66. The first kappa shape index (κ1) is 12.8. The van der Waals surface area contributed by atoms with Crippen molar-refractivity contribution < 1.29 is 9.18 Å². The Balaban J connectivity index is 2.43. The molecule has 0 radical (unpaired) electrons. The van der Waals surface area contributed by atoms with Crippen LogP contribution in [0.2, 0.25) is 0 Å². The first-order valence-electron chi connectivity index (χ1n) is 5.56. The van der Waals surface area contributed by atoms with E-state index in [0.29, 0.717) is 11.4 Å². The highest BCUT2D eigenvalue weighted by Crippen LogP contribution is 2.26. The molecule has 1 heterocycles. The number of anilines is 3. The molecule has 0 saturated carbocycles. The van der Waals surface area contributed by atoms with E-state index in [1.165, 1.54) is 6.07 Å². The van der Waals surface area contributed by atoms with Crippen molar-refractivity contribution in [2.75, 3.05) is 11.1 Å². The van der Waals surface area contributed by atoms with Gasteiger partial charge >= 0.3 is 0 Å². The van der Waals surface area contributed by atoms with E-state index in [9.17, 15) is 9.18 Å². The summed E-state index contributed by atoms with van der Waals surface area (Å²) in [5, 5.41) is 2.86. The van der Waals surface area contributed by atoms with Crippen molar-refractivity contribution in [1.82, 2.24) is 4.98 Å². The number of amides is 1. The van der Waals surface area contributed by atoms with Crippen molar-refractivity contribution >= 4 is 23.0 Å². The lowest BCUT2D eigenvalue weighted by molar-refractivity contribution is 0.100. The predicted octanol–water partition coefficient (Wildman–Crippen LogP) is 1.95. The minimum atomic E-state index is -0.705. The summed E-state index contributed by atoms with van der Waals surface area (Å²) in [6.07, 6.45) is 1.63. The molecule has 0 aliphatic rings. The lowest BCUT2D eigenvalue weighted by Crippen LogP contribution is -2.14. The third-order valence-corrected chi connectivity index (χ3v) is 2.68. The summed E-state index contributed by atoms with van der Waals surface area (Å²) in [6, 6.07) is 5.83. The van der Waals surface area contributed by atoms with Crippen LogP contribution in [0.1, 0.15) is 16.1 Å². The summed E-state index contributed by atoms with van der Waals surface area (Å²) in [7, 11) is 0. The highest BCUT2D eigenvalue weighted by atomic mass is 19.1. The fourth-order valence-corrected chi connectivity index (χ4v) is 1.66. The van der Waals surface area contributed by atoms with E-state index < -0.39 is 11.7 Å². The van der Waals surface area contributed by atoms with E-state index in [0.717, 1.165) is 6.07 Å². The van der Waals surface area contributed by atoms with Crippen LogP contribution < -0.4 is 16.8 Å². The number of pyridine rings is 1. The van der Waals surface area contributed by atoms with Gasteiger partial charge in [-0.05, 0) is 31.2 Å². The Morgan fingerprint density at radius 3 is 2.74 bits per heavy atom. The van der Waals surface area contributed by atoms with Crippen LogP contribution in [0.5, 0.6) is 0 Å². The van der Waals surface area contributed by atoms with E-state index >= 15 is 0 Å². The SMILES string of the molecule is Cc1ncccc1Nc1cc(C(N)=O)c(N)cc1F. The Hall–Kier alpha value is -2.63. The van der Waals surface area contributed by atoms with Crippen LogP contribution in [-0.2, 0) is 0 Å². The fraction of sp³-hybridized carbons (Fsp3) is 0.0769. The predicted molar refractivity (Wildman–Crippen MR) is 71.6 cm³/mol. The molecule has 5 N–H and O–H groups in total. The summed E-state index contributed by atoms with van der Waals surface area (Å²) < 4.78 is 13.8. The molecule has 5 nitrogen and oxygen atoms in total. The zero-order chi connectivity index (χ0) is 14.0. The molecule has 0 saturated heterocycles. The Labute approximate surface area is 109 Å². The maximum absolute atomic E-state index is 13.8. The van der Waals surface area contributed by atoms with Gasteiger partial charge in [-0.3, -0.25) is 9.78 Å². The third kappa shape index (κ3) is 2.62. The van der Waals surface area contributed by atoms with Crippen molar-refractivity contribution in [3.8, 4) is 0 Å². The van der Waals surface area contributed by atoms with Gasteiger partial charge in [0, 0.05) is 11.9 Å². The quantitative estimate of drug-likeness (QED) is 0.735. The Kier molecular flexibility index (Phi) is 3.33. The van der Waals surface area contributed by atoms with Gasteiger partial charge in [-0.2, -0.15) is 0 Å². The van der Waals surface area contributed by atoms with Crippen LogP contribution in [0.25, 0.3) is 0 Å². The standard InChI is InChI=1S/C13H13FN4O/c1-7-11(3-2-4-17-7)18-12-5-8(13(16)19)10(15)6-9(12)14/h2-6,18H,15H2,1H3,(H2,16,19). The number of nitrogen functional groups attached to an aromatic ring is 1. The van der Waals surface area contributed by atoms with Crippen LogP contribution in [-0.4, -0.2) is 10.9 Å². The molecule has 0 bridgehead atoms. The topological polar surface area (TPSA) is 94.0 Å². The first-order chi connectivity index (χ1) is 8.99. The molecular weight excluding hydrogens is 247 g/mol. The van der Waals surface area contributed by atoms with E-state index in [2.05, 4.69) is 10.3 Å². The number of nitrogens with one attached hydrogen (secondary N) is 1. The first-order valence-corrected chi connectivity index (χ1v) is 5.56. The molecule has 0 atom stereocenters. The van der Waals surface area contributed by atoms with Gasteiger partial charge in [-0.25, -0.2) is 4.39 Å². The summed E-state index contributed by atoms with van der Waals surface area (Å²) in [5.41, 5.74) is 12.3. The van der Waals surface area contributed by atoms with Gasteiger partial charge in [0.1, 0.15) is 5.82 Å². The third-order valence-electron chi connectivity index (χ3n) is 2.68. The molecule has 6 heteroatoms. The Morgan fingerprint density at radius 2 is 2.11 bits per heavy atom. The van der Waals surface area contributed by atoms with E-state index in [4.69, 9.17) is 11.5 Å². The molecular formula is C13H13FN4O. The number of rotatable bonds is 3. The summed E-state index contributed by atoms with van der Waals surface area (Å²) in [4.78, 5) is 15.3. The van der Waals surface area contributed by atoms with Gasteiger partial charge in [0.25, 0.3) is 5.91 Å². The number of carbonyl (C=O) groups is 1. The number of benzene rings is 1. The van der Waals surface area contributed by atoms with Gasteiger partial charge in [-0.1, -0.05) is 0 Å². The Morgan fingerprint density at radius 1 is 1.37 bits per heavy atom. The Bertz CT molecular complexity index is 643. The molecule has 2 rings (SSSR count). The zero-order valence-corrected chi connectivity index (χ0v) is 10.3. The average molecular weight is 260 g/mol. The van der Waals surface area contributed by atoms with E-state index in [1.54, 1.807) is 25.3 Å². The lowest BCUT2D eigenvalue weighted by Gasteiger charge is -2.11. The number of hydrogen-bond acceptors (Lipinski definition) is 4. The molecule has 0 spiro atoms. The molecule has 0 fully saturated rings. The van der Waals surface area contributed by atoms with Crippen molar-refractivity contribution in [2.24, 2.45) is 5.73 Å². The molecule has 0 unspecified atom stereocenters. The number of halogens is 1. The number of carbonyl (C=O) groups excluding carboxylic acids is 1. The maximum Gasteiger partial charge on any atom is 0.250 e. The largest absolute Gasteiger partial charge is 0.398 e. The van der Waals surface area contributed by atoms with Gasteiger partial charge in [0.05, 0.1) is 22.6 Å². The smallest absolute Gasteiger partial charge is 0.250 e. The van der Waals surface area contributed by atoms with Crippen LogP contribution in [0.15, 0.2) is 30.5 Å². The van der Waals surface area contributed by atoms with Crippen molar-refractivity contribution in [1.29, 1.82) is 0 Å². The van der Waals surface area contributed by atoms with Gasteiger partial charge in [-0.15, -0.1) is 0 Å². The minimum Gasteiger partial charge on any atom is -0.398 e. The highest BCUT2D eigenvalue weighted by Gasteiger charge is 2.12. The van der Waals surface area contributed by atoms with E-state index in [1.807, 2.05) is 0 Å². The lowest BCUT2D eigenvalue weighted by atomic mass is 10.1. The maximum atomic E-state index is 13.8. The van der Waals surface area contributed by atoms with Crippen LogP contribution in [0.3, 0.4) is 0 Å². The molecule has 1 aromatic carbocycles. The summed E-state index contributed by atoms with van der Waals surface area (Å²) in [5.74, 6) is -1.27.